The second-order valence-corrected chi connectivity index (χ2v) is 13.9. The number of anilines is 2. The maximum atomic E-state index is 14.6. The van der Waals surface area contributed by atoms with Crippen molar-refractivity contribution >= 4 is 63.9 Å². The molecule has 8 rings (SSSR count). The molecule has 8 atom stereocenters. The Morgan fingerprint density at radius 3 is 1.55 bits per heavy atom. The Bertz CT molecular complexity index is 2370. The van der Waals surface area contributed by atoms with Crippen LogP contribution in [0.2, 0.25) is 0 Å². The summed E-state index contributed by atoms with van der Waals surface area (Å²) in [6, 6.07) is 0. The molecule has 23 nitrogen and oxygen atoms in total. The van der Waals surface area contributed by atoms with Gasteiger partial charge < -0.3 is 49.3 Å². The second-order valence-electron chi connectivity index (χ2n) is 13.9. The first kappa shape index (κ1) is 39.9. The lowest BCUT2D eigenvalue weighted by atomic mass is 9.99. The molecule has 0 aromatic carbocycles. The van der Waals surface area contributed by atoms with E-state index in [1.807, 2.05) is 0 Å². The van der Waals surface area contributed by atoms with Gasteiger partial charge in [-0.05, 0) is 0 Å². The lowest BCUT2D eigenvalue weighted by Crippen LogP contribution is -2.45. The lowest BCUT2D eigenvalue weighted by molar-refractivity contribution is -0.146. The Morgan fingerprint density at radius 1 is 0.767 bits per heavy atom. The molecular formula is C35H30F2N10O13. The highest BCUT2D eigenvalue weighted by Gasteiger charge is 2.51. The van der Waals surface area contributed by atoms with Gasteiger partial charge in [0.05, 0.1) is 12.7 Å². The number of carbonyl (C=O) groups excluding carboxylic acids is 5. The van der Waals surface area contributed by atoms with E-state index in [1.54, 1.807) is 0 Å². The number of cyclic esters (lactones) is 2. The molecule has 0 radical (unpaired) electrons. The van der Waals surface area contributed by atoms with Gasteiger partial charge >= 0.3 is 30.3 Å². The van der Waals surface area contributed by atoms with Gasteiger partial charge in [0.15, 0.2) is 57.4 Å². The highest BCUT2D eigenvalue weighted by molar-refractivity contribution is 6.01. The van der Waals surface area contributed by atoms with E-state index in [9.17, 15) is 43.0 Å². The molecule has 4 aromatic heterocycles. The van der Waals surface area contributed by atoms with Crippen molar-refractivity contribution in [3.63, 3.8) is 0 Å². The number of fused-ring (bicyclic) bond motifs is 2. The smallest absolute Gasteiger partial charge is 0.452 e. The lowest BCUT2D eigenvalue weighted by Gasteiger charge is -2.27. The zero-order valence-corrected chi connectivity index (χ0v) is 30.6. The molecular weight excluding hydrogens is 806 g/mol. The van der Waals surface area contributed by atoms with Crippen LogP contribution in [0.5, 0.6) is 0 Å². The fourth-order valence-electron chi connectivity index (χ4n) is 7.01. The van der Waals surface area contributed by atoms with E-state index in [2.05, 4.69) is 52.4 Å². The van der Waals surface area contributed by atoms with Crippen LogP contribution in [0.1, 0.15) is 51.0 Å². The molecule has 0 saturated carbocycles. The number of ether oxygens (including phenoxy) is 6. The number of esters is 2. The second kappa shape index (κ2) is 15.3. The Morgan fingerprint density at radius 2 is 1.18 bits per heavy atom. The summed E-state index contributed by atoms with van der Waals surface area (Å²) in [7, 11) is 0. The van der Waals surface area contributed by atoms with Gasteiger partial charge in [0.2, 0.25) is 0 Å². The van der Waals surface area contributed by atoms with Crippen LogP contribution in [0, 0.1) is 36.8 Å². The van der Waals surface area contributed by atoms with Crippen molar-refractivity contribution in [3.05, 3.63) is 24.8 Å². The summed E-state index contributed by atoms with van der Waals surface area (Å²) in [5, 5.41) is 26.8. The van der Waals surface area contributed by atoms with Gasteiger partial charge in [-0.15, -0.1) is 12.8 Å². The van der Waals surface area contributed by atoms with E-state index >= 15 is 0 Å². The number of aliphatic hydroxyl groups is 2. The van der Waals surface area contributed by atoms with E-state index < -0.39 is 103 Å². The first-order valence-corrected chi connectivity index (χ1v) is 18.0. The predicted molar refractivity (Wildman–Crippen MR) is 188 cm³/mol. The maximum absolute atomic E-state index is 14.6. The summed E-state index contributed by atoms with van der Waals surface area (Å²) >= 11 is 0. The van der Waals surface area contributed by atoms with Crippen molar-refractivity contribution < 1.29 is 71.4 Å². The Balaban J connectivity index is 0.905. The molecule has 4 saturated heterocycles. The third-order valence-electron chi connectivity index (χ3n) is 10.2. The van der Waals surface area contributed by atoms with Crippen molar-refractivity contribution in [2.45, 2.75) is 86.6 Å². The molecule has 8 heterocycles. The van der Waals surface area contributed by atoms with E-state index in [4.69, 9.17) is 41.3 Å². The van der Waals surface area contributed by atoms with Crippen LogP contribution < -0.4 is 10.6 Å². The minimum atomic E-state index is -1.98. The van der Waals surface area contributed by atoms with E-state index in [1.165, 1.54) is 21.8 Å². The summed E-state index contributed by atoms with van der Waals surface area (Å²) in [4.78, 5) is 84.0. The van der Waals surface area contributed by atoms with Gasteiger partial charge in [0, 0.05) is 38.5 Å². The van der Waals surface area contributed by atoms with E-state index in [-0.39, 0.29) is 72.5 Å². The quantitative estimate of drug-likeness (QED) is 0.0689. The minimum absolute atomic E-state index is 0.0331. The monoisotopic (exact) mass is 836 g/mol. The molecule has 4 aliphatic rings. The molecule has 2 amide bonds. The normalized spacial score (nSPS) is 28.6. The number of imidazole rings is 2. The summed E-state index contributed by atoms with van der Waals surface area (Å²) in [5.74, 6) is 1.25. The Kier molecular flexibility index (Phi) is 10.2. The van der Waals surface area contributed by atoms with Gasteiger partial charge in [0.1, 0.15) is 37.9 Å². The van der Waals surface area contributed by atoms with Crippen LogP contribution in [0.3, 0.4) is 0 Å². The van der Waals surface area contributed by atoms with Crippen molar-refractivity contribution in [2.75, 3.05) is 23.8 Å². The fourth-order valence-corrected chi connectivity index (χ4v) is 7.01. The first-order valence-electron chi connectivity index (χ1n) is 18.0. The van der Waals surface area contributed by atoms with Gasteiger partial charge in [-0.2, -0.15) is 28.7 Å². The van der Waals surface area contributed by atoms with Crippen molar-refractivity contribution in [1.29, 1.82) is 0 Å². The number of amides is 2. The molecule has 4 fully saturated rings. The summed E-state index contributed by atoms with van der Waals surface area (Å²) < 4.78 is 63.8. The third kappa shape index (κ3) is 7.23. The summed E-state index contributed by atoms with van der Waals surface area (Å²) in [6.07, 6.45) is 2.29. The minimum Gasteiger partial charge on any atom is -0.452 e. The number of aliphatic hydroxyl groups excluding tert-OH is 2. The number of hydrogen-bond donors (Lipinski definition) is 4. The molecule has 0 aliphatic carbocycles. The van der Waals surface area contributed by atoms with Crippen molar-refractivity contribution in [1.82, 2.24) is 39.0 Å². The highest BCUT2D eigenvalue weighted by atomic mass is 19.1. The Labute approximate surface area is 334 Å². The van der Waals surface area contributed by atoms with Crippen LogP contribution in [0.4, 0.5) is 25.2 Å². The number of hydrogen-bond acceptors (Lipinski definition) is 19. The Hall–Kier alpha value is -6.93. The third-order valence-corrected chi connectivity index (χ3v) is 10.2. The highest BCUT2D eigenvalue weighted by Crippen LogP contribution is 2.40. The van der Waals surface area contributed by atoms with Gasteiger partial charge in [0.25, 0.3) is 11.8 Å². The average molecular weight is 837 g/mol. The SMILES string of the molecule is C#C[C@]1(COC(=O)OC[C@@]2(C#C)O[C@@H](n3cnc4c(NC(=O)[C@H]5CCC(=O)O5)nc(F)nc43)C[C@@H]2O)O[C@@H](n2cnc3c(NC(=O)[C@H]4CCC(=O)O4)nc(F)nc32)C[C@@H]1O. The molecule has 25 heteroatoms. The van der Waals surface area contributed by atoms with Gasteiger partial charge in [-0.25, -0.2) is 14.8 Å². The predicted octanol–water partition coefficient (Wildman–Crippen LogP) is -0.311. The molecule has 0 bridgehead atoms. The van der Waals surface area contributed by atoms with Gasteiger partial charge in [-0.3, -0.25) is 28.3 Å². The van der Waals surface area contributed by atoms with Crippen LogP contribution in [-0.4, -0.2) is 128 Å². The van der Waals surface area contributed by atoms with Gasteiger partial charge in [-0.1, -0.05) is 11.8 Å². The number of rotatable bonds is 10. The van der Waals surface area contributed by atoms with Crippen LogP contribution in [0.25, 0.3) is 22.3 Å². The fraction of sp³-hybridized carbons (Fsp3) is 0.457. The van der Waals surface area contributed by atoms with Crippen molar-refractivity contribution in [2.24, 2.45) is 0 Å². The molecule has 60 heavy (non-hydrogen) atoms. The maximum Gasteiger partial charge on any atom is 0.508 e. The number of aromatic nitrogens is 8. The molecule has 0 spiro atoms. The zero-order chi connectivity index (χ0) is 42.5. The zero-order valence-electron chi connectivity index (χ0n) is 30.6. The molecule has 4 aliphatic heterocycles. The molecule has 4 aromatic rings. The molecule has 312 valence electrons. The average Bonchev–Trinajstić information content (AvgIpc) is 4.08. The van der Waals surface area contributed by atoms with E-state index in [0.717, 1.165) is 0 Å². The van der Waals surface area contributed by atoms with E-state index in [0.29, 0.717) is 0 Å². The molecule has 0 unspecified atom stereocenters. The number of nitrogens with zero attached hydrogens (tertiary/aromatic N) is 8. The largest absolute Gasteiger partial charge is 0.508 e. The molecule has 4 N–H and O–H groups in total. The topological polar surface area (TPSA) is 292 Å². The van der Waals surface area contributed by atoms with Crippen LogP contribution in [0.15, 0.2) is 12.7 Å². The first-order chi connectivity index (χ1) is 28.7. The summed E-state index contributed by atoms with van der Waals surface area (Å²) in [5.41, 5.74) is -4.44. The number of nitrogens with one attached hydrogen (secondary N) is 2. The summed E-state index contributed by atoms with van der Waals surface area (Å²) in [6.45, 7) is -1.55. The number of carbonyl (C=O) groups is 5. The standard InChI is InChI=1S/C35H30F2N10O13/c1-3-34(17(48)9-19(59-34)46-13-38-23-25(42-31(36)44-27(23)46)40-29(52)15-5-7-21(50)57-15)11-55-33(54)56-12-35(4-2)18(49)10-20(60-35)47-14-39-24-26(43-32(37)45-28(24)47)41-30(53)16-6-8-22(51)58-16/h1-2,13-20,48-49H,5-12H2,(H,40,42,44,52)(H,41,43,45,53)/t15-,16-,17+,18+,19-,20-,34-,35-/m1/s1. The number of halogens is 2. The van der Waals surface area contributed by atoms with Crippen LogP contribution in [-0.2, 0) is 47.6 Å². The number of terminal acetylenes is 2. The van der Waals surface area contributed by atoms with Crippen LogP contribution >= 0.6 is 0 Å². The van der Waals surface area contributed by atoms with Crippen molar-refractivity contribution in [3.8, 4) is 24.7 Å².